The van der Waals surface area contributed by atoms with E-state index < -0.39 is 12.2 Å². The molecule has 0 bridgehead atoms. The van der Waals surface area contributed by atoms with Crippen molar-refractivity contribution in [2.24, 2.45) is 11.8 Å². The van der Waals surface area contributed by atoms with Gasteiger partial charge in [-0.25, -0.2) is 9.59 Å². The van der Waals surface area contributed by atoms with Gasteiger partial charge in [-0.05, 0) is 55.1 Å². The largest absolute Gasteiger partial charge is 0.446 e. The van der Waals surface area contributed by atoms with Crippen LogP contribution >= 0.6 is 11.3 Å². The Morgan fingerprint density at radius 1 is 0.825 bits per heavy atom. The van der Waals surface area contributed by atoms with Crippen molar-refractivity contribution in [2.45, 2.75) is 84.6 Å². The van der Waals surface area contributed by atoms with E-state index in [1.807, 2.05) is 36.4 Å². The Balaban J connectivity index is 1.67. The number of benzene rings is 2. The van der Waals surface area contributed by atoms with Crippen molar-refractivity contribution in [2.75, 3.05) is 0 Å². The molecule has 1 aromatic heterocycles. The molecule has 3 unspecified atom stereocenters. The molecule has 2 aromatic carbocycles. The number of nitrogens with one attached hydrogen (secondary N) is 2. The van der Waals surface area contributed by atoms with Crippen LogP contribution in [0.2, 0.25) is 0 Å². The maximum atomic E-state index is 13.0. The third kappa shape index (κ3) is 11.8. The average molecular weight is 566 g/mol. The summed E-state index contributed by atoms with van der Waals surface area (Å²) in [5.41, 5.74) is 3.97. The number of thiazole rings is 1. The van der Waals surface area contributed by atoms with Gasteiger partial charge in [0.25, 0.3) is 0 Å². The van der Waals surface area contributed by atoms with Gasteiger partial charge in [-0.15, -0.1) is 11.3 Å². The summed E-state index contributed by atoms with van der Waals surface area (Å²) in [5.74, 6) is 0.664. The normalized spacial score (nSPS) is 13.4. The highest BCUT2D eigenvalue weighted by Gasteiger charge is 2.23. The summed E-state index contributed by atoms with van der Waals surface area (Å²) >= 11 is 1.45. The summed E-state index contributed by atoms with van der Waals surface area (Å²) < 4.78 is 11.3. The van der Waals surface area contributed by atoms with Crippen LogP contribution in [-0.2, 0) is 28.9 Å². The second kappa shape index (κ2) is 16.7. The Hall–Kier alpha value is -3.39. The van der Waals surface area contributed by atoms with Crippen LogP contribution in [0.5, 0.6) is 0 Å². The van der Waals surface area contributed by atoms with Crippen molar-refractivity contribution < 1.29 is 19.1 Å². The minimum absolute atomic E-state index is 0.141. The van der Waals surface area contributed by atoms with E-state index in [1.54, 1.807) is 11.7 Å². The van der Waals surface area contributed by atoms with Crippen LogP contribution in [0.25, 0.3) is 0 Å². The number of nitrogens with zero attached hydrogens (tertiary/aromatic N) is 1. The van der Waals surface area contributed by atoms with E-state index in [9.17, 15) is 9.59 Å². The molecule has 0 aliphatic heterocycles. The van der Waals surface area contributed by atoms with Crippen LogP contribution in [0.15, 0.2) is 72.4 Å². The predicted octanol–water partition coefficient (Wildman–Crippen LogP) is 7.17. The van der Waals surface area contributed by atoms with Crippen LogP contribution in [0, 0.1) is 11.8 Å². The third-order valence-corrected chi connectivity index (χ3v) is 7.45. The zero-order valence-electron chi connectivity index (χ0n) is 24.0. The highest BCUT2D eigenvalue weighted by atomic mass is 32.1. The SMILES string of the molecule is CC(C)CC(OC(=O)NC(CCC(Cc1ccccc1)NC(=O)OCc1cncs1)Cc1ccccc1)C(C)C. The molecule has 216 valence electrons. The lowest BCUT2D eigenvalue weighted by atomic mass is 9.96. The molecule has 0 fully saturated rings. The first kappa shape index (κ1) is 31.1. The third-order valence-electron chi connectivity index (χ3n) is 6.69. The van der Waals surface area contributed by atoms with E-state index >= 15 is 0 Å². The fraction of sp³-hybridized carbons (Fsp3) is 0.469. The first-order valence-corrected chi connectivity index (χ1v) is 15.0. The summed E-state index contributed by atoms with van der Waals surface area (Å²) in [7, 11) is 0. The molecular weight excluding hydrogens is 522 g/mol. The number of amides is 2. The molecule has 2 N–H and O–H groups in total. The highest BCUT2D eigenvalue weighted by molar-refractivity contribution is 7.09. The van der Waals surface area contributed by atoms with E-state index in [0.717, 1.165) is 22.4 Å². The molecule has 1 heterocycles. The van der Waals surface area contributed by atoms with Crippen molar-refractivity contribution in [1.82, 2.24) is 15.6 Å². The molecular formula is C32H43N3O4S. The second-order valence-corrected chi connectivity index (χ2v) is 12.0. The van der Waals surface area contributed by atoms with E-state index in [4.69, 9.17) is 9.47 Å². The maximum Gasteiger partial charge on any atom is 0.407 e. The fourth-order valence-corrected chi connectivity index (χ4v) is 5.07. The van der Waals surface area contributed by atoms with Crippen molar-refractivity contribution in [1.29, 1.82) is 0 Å². The van der Waals surface area contributed by atoms with Gasteiger partial charge in [-0.3, -0.25) is 4.98 Å². The number of aromatic nitrogens is 1. The topological polar surface area (TPSA) is 89.6 Å². The molecule has 0 aliphatic rings. The quantitative estimate of drug-likeness (QED) is 0.204. The lowest BCUT2D eigenvalue weighted by molar-refractivity contribution is 0.0555. The second-order valence-electron chi connectivity index (χ2n) is 11.0. The van der Waals surface area contributed by atoms with E-state index in [-0.39, 0.29) is 30.7 Å². The van der Waals surface area contributed by atoms with Gasteiger partial charge in [0.15, 0.2) is 0 Å². The molecule has 3 aromatic rings. The average Bonchev–Trinajstić information content (AvgIpc) is 3.45. The highest BCUT2D eigenvalue weighted by Crippen LogP contribution is 2.18. The van der Waals surface area contributed by atoms with E-state index in [2.05, 4.69) is 67.6 Å². The Kier molecular flexibility index (Phi) is 13.0. The minimum atomic E-state index is -0.463. The van der Waals surface area contributed by atoms with Gasteiger partial charge in [0, 0.05) is 18.3 Å². The standard InChI is InChI=1S/C32H43N3O4S/c1-23(2)17-30(24(3)4)39-32(37)35-28(19-26-13-9-6-10-14-26)16-15-27(18-25-11-7-5-8-12-25)34-31(36)38-21-29-20-33-22-40-29/h5-14,20,22-24,27-28,30H,15-19,21H2,1-4H3,(H,34,36)(H,35,37). The zero-order valence-corrected chi connectivity index (χ0v) is 24.9. The summed E-state index contributed by atoms with van der Waals surface area (Å²) in [6, 6.07) is 19.8. The van der Waals surface area contributed by atoms with Crippen LogP contribution in [0.3, 0.4) is 0 Å². The predicted molar refractivity (Wildman–Crippen MR) is 160 cm³/mol. The van der Waals surface area contributed by atoms with Gasteiger partial charge in [0.2, 0.25) is 0 Å². The zero-order chi connectivity index (χ0) is 28.7. The Morgan fingerprint density at radius 3 is 1.85 bits per heavy atom. The van der Waals surface area contributed by atoms with Crippen LogP contribution in [-0.4, -0.2) is 35.4 Å². The summed E-state index contributed by atoms with van der Waals surface area (Å²) in [6.07, 6.45) is 4.16. The van der Waals surface area contributed by atoms with Gasteiger partial charge >= 0.3 is 12.2 Å². The van der Waals surface area contributed by atoms with Crippen molar-refractivity contribution in [3.63, 3.8) is 0 Å². The first-order valence-electron chi connectivity index (χ1n) is 14.1. The Bertz CT molecular complexity index is 1120. The molecule has 40 heavy (non-hydrogen) atoms. The van der Waals surface area contributed by atoms with Gasteiger partial charge in [0.05, 0.1) is 10.4 Å². The minimum Gasteiger partial charge on any atom is -0.446 e. The van der Waals surface area contributed by atoms with Crippen LogP contribution in [0.4, 0.5) is 9.59 Å². The summed E-state index contributed by atoms with van der Waals surface area (Å²) in [6.45, 7) is 8.62. The lowest BCUT2D eigenvalue weighted by Crippen LogP contribution is -2.42. The Labute approximate surface area is 242 Å². The summed E-state index contributed by atoms with van der Waals surface area (Å²) in [4.78, 5) is 30.6. The van der Waals surface area contributed by atoms with Gasteiger partial charge in [-0.1, -0.05) is 88.4 Å². The smallest absolute Gasteiger partial charge is 0.407 e. The number of carbonyl (C=O) groups is 2. The molecule has 0 saturated heterocycles. The molecule has 2 amide bonds. The van der Waals surface area contributed by atoms with E-state index in [0.29, 0.717) is 31.6 Å². The molecule has 0 saturated carbocycles. The number of hydrogen-bond donors (Lipinski definition) is 2. The molecule has 8 heteroatoms. The number of ether oxygens (including phenoxy) is 2. The molecule has 0 radical (unpaired) electrons. The molecule has 3 rings (SSSR count). The monoisotopic (exact) mass is 565 g/mol. The maximum absolute atomic E-state index is 13.0. The Morgan fingerprint density at radius 2 is 1.38 bits per heavy atom. The van der Waals surface area contributed by atoms with Gasteiger partial charge in [0.1, 0.15) is 12.7 Å². The molecule has 0 aliphatic carbocycles. The van der Waals surface area contributed by atoms with Crippen LogP contribution in [0.1, 0.15) is 63.0 Å². The van der Waals surface area contributed by atoms with Gasteiger partial charge < -0.3 is 20.1 Å². The number of carbonyl (C=O) groups excluding carboxylic acids is 2. The lowest BCUT2D eigenvalue weighted by Gasteiger charge is -2.26. The van der Waals surface area contributed by atoms with E-state index in [1.165, 1.54) is 11.3 Å². The van der Waals surface area contributed by atoms with Crippen molar-refractivity contribution in [3.8, 4) is 0 Å². The van der Waals surface area contributed by atoms with Crippen molar-refractivity contribution >= 4 is 23.5 Å². The number of rotatable bonds is 15. The number of hydrogen-bond acceptors (Lipinski definition) is 6. The molecule has 7 nitrogen and oxygen atoms in total. The number of alkyl carbamates (subject to hydrolysis) is 2. The first-order chi connectivity index (χ1) is 19.3. The summed E-state index contributed by atoms with van der Waals surface area (Å²) in [5, 5.41) is 6.18. The molecule has 0 spiro atoms. The van der Waals surface area contributed by atoms with Gasteiger partial charge in [-0.2, -0.15) is 0 Å². The van der Waals surface area contributed by atoms with Crippen molar-refractivity contribution in [3.05, 3.63) is 88.4 Å². The fourth-order valence-electron chi connectivity index (χ4n) is 4.57. The van der Waals surface area contributed by atoms with Crippen LogP contribution < -0.4 is 10.6 Å². The molecule has 3 atom stereocenters.